The van der Waals surface area contributed by atoms with Gasteiger partial charge in [-0.15, -0.1) is 0 Å². The van der Waals surface area contributed by atoms with Crippen molar-refractivity contribution < 1.29 is 14.3 Å². The molecule has 0 spiro atoms. The number of hydrogen-bond acceptors (Lipinski definition) is 3. The molecule has 1 saturated carbocycles. The van der Waals surface area contributed by atoms with Gasteiger partial charge in [0, 0.05) is 13.2 Å². The van der Waals surface area contributed by atoms with Gasteiger partial charge in [0.1, 0.15) is 11.6 Å². The summed E-state index contributed by atoms with van der Waals surface area (Å²) >= 11 is 0. The van der Waals surface area contributed by atoms with Crippen molar-refractivity contribution in [2.45, 2.75) is 70.1 Å². The summed E-state index contributed by atoms with van der Waals surface area (Å²) in [5.41, 5.74) is -0.771. The fourth-order valence-corrected chi connectivity index (χ4v) is 3.54. The van der Waals surface area contributed by atoms with Gasteiger partial charge in [-0.05, 0) is 58.3 Å². The predicted octanol–water partition coefficient (Wildman–Crippen LogP) is 1.46. The zero-order chi connectivity index (χ0) is 15.0. The van der Waals surface area contributed by atoms with Gasteiger partial charge in [-0.2, -0.15) is 0 Å². The maximum absolute atomic E-state index is 12.6. The Morgan fingerprint density at radius 2 is 2.05 bits per heavy atom. The molecule has 5 nitrogen and oxygen atoms in total. The van der Waals surface area contributed by atoms with Crippen molar-refractivity contribution >= 4 is 11.8 Å². The predicted molar refractivity (Wildman–Crippen MR) is 78.7 cm³/mol. The van der Waals surface area contributed by atoms with E-state index in [1.807, 2.05) is 4.90 Å². The summed E-state index contributed by atoms with van der Waals surface area (Å²) in [6.45, 7) is 5.14. The first-order valence-corrected chi connectivity index (χ1v) is 8.24. The van der Waals surface area contributed by atoms with E-state index in [1.165, 1.54) is 0 Å². The van der Waals surface area contributed by atoms with Crippen LogP contribution in [0.2, 0.25) is 0 Å². The molecule has 118 valence electrons. The molecular weight excluding hydrogens is 268 g/mol. The highest BCUT2D eigenvalue weighted by Gasteiger charge is 2.50. The van der Waals surface area contributed by atoms with Crippen LogP contribution in [0.15, 0.2) is 0 Å². The maximum atomic E-state index is 12.6. The average Bonchev–Trinajstić information content (AvgIpc) is 3.10. The minimum atomic E-state index is -0.771. The Balaban J connectivity index is 1.62. The van der Waals surface area contributed by atoms with Crippen LogP contribution in [0.1, 0.15) is 52.4 Å². The fraction of sp³-hybridized carbons (Fsp3) is 0.875. The first-order valence-electron chi connectivity index (χ1n) is 8.24. The first kappa shape index (κ1) is 14.8. The molecule has 0 aromatic heterocycles. The van der Waals surface area contributed by atoms with Crippen LogP contribution in [-0.2, 0) is 14.3 Å². The van der Waals surface area contributed by atoms with Crippen LogP contribution in [0.5, 0.6) is 0 Å². The quantitative estimate of drug-likeness (QED) is 0.835. The van der Waals surface area contributed by atoms with Crippen LogP contribution >= 0.6 is 0 Å². The number of amides is 2. The Bertz CT molecular complexity index is 425. The summed E-state index contributed by atoms with van der Waals surface area (Å²) in [4.78, 5) is 26.8. The molecule has 3 fully saturated rings. The summed E-state index contributed by atoms with van der Waals surface area (Å²) in [6, 6.07) is -0.241. The van der Waals surface area contributed by atoms with Crippen molar-refractivity contribution in [1.29, 1.82) is 0 Å². The molecule has 2 amide bonds. The standard InChI is InChI=1S/C16H26N2O3/c1-16(2)15(20)18(9-3-5-12-6-4-10-21-12)13(11-7-8-11)14(19)17-16/h11-13H,3-10H2,1-2H3,(H,17,19). The van der Waals surface area contributed by atoms with Gasteiger partial charge in [0.25, 0.3) is 0 Å². The van der Waals surface area contributed by atoms with Gasteiger partial charge in [0.2, 0.25) is 11.8 Å². The molecular formula is C16H26N2O3. The lowest BCUT2D eigenvalue weighted by atomic mass is 9.94. The number of piperazine rings is 1. The third kappa shape index (κ3) is 3.07. The third-order valence-corrected chi connectivity index (χ3v) is 4.85. The molecule has 2 atom stereocenters. The molecule has 0 aromatic rings. The van der Waals surface area contributed by atoms with E-state index < -0.39 is 5.54 Å². The van der Waals surface area contributed by atoms with E-state index in [2.05, 4.69) is 5.32 Å². The van der Waals surface area contributed by atoms with Gasteiger partial charge in [-0.3, -0.25) is 9.59 Å². The van der Waals surface area contributed by atoms with Crippen molar-refractivity contribution in [2.24, 2.45) is 5.92 Å². The summed E-state index contributed by atoms with van der Waals surface area (Å²) in [7, 11) is 0. The lowest BCUT2D eigenvalue weighted by Crippen LogP contribution is -2.68. The smallest absolute Gasteiger partial charge is 0.248 e. The molecule has 3 aliphatic rings. The zero-order valence-electron chi connectivity index (χ0n) is 13.1. The van der Waals surface area contributed by atoms with Gasteiger partial charge in [0.05, 0.1) is 6.10 Å². The molecule has 5 heteroatoms. The van der Waals surface area contributed by atoms with Gasteiger partial charge < -0.3 is 15.0 Å². The monoisotopic (exact) mass is 294 g/mol. The van der Waals surface area contributed by atoms with Crippen LogP contribution in [0.3, 0.4) is 0 Å². The van der Waals surface area contributed by atoms with E-state index in [9.17, 15) is 9.59 Å². The molecule has 2 heterocycles. The Kier molecular flexibility index (Phi) is 3.95. The SMILES string of the molecule is CC1(C)NC(=O)C(C2CC2)N(CCCC2CCCO2)C1=O. The number of hydrogen-bond donors (Lipinski definition) is 1. The molecule has 2 aliphatic heterocycles. The zero-order valence-corrected chi connectivity index (χ0v) is 13.1. The van der Waals surface area contributed by atoms with E-state index in [-0.39, 0.29) is 17.9 Å². The molecule has 3 rings (SSSR count). The minimum absolute atomic E-state index is 0.0271. The summed E-state index contributed by atoms with van der Waals surface area (Å²) in [5, 5.41) is 2.88. The second kappa shape index (κ2) is 5.59. The number of carbonyl (C=O) groups excluding carboxylic acids is 2. The van der Waals surface area contributed by atoms with Crippen molar-refractivity contribution in [3.63, 3.8) is 0 Å². The van der Waals surface area contributed by atoms with Gasteiger partial charge in [-0.25, -0.2) is 0 Å². The molecule has 0 radical (unpaired) electrons. The van der Waals surface area contributed by atoms with E-state index in [4.69, 9.17) is 4.74 Å². The number of ether oxygens (including phenoxy) is 1. The molecule has 1 N–H and O–H groups in total. The Morgan fingerprint density at radius 1 is 1.29 bits per heavy atom. The second-order valence-electron chi connectivity index (χ2n) is 7.17. The lowest BCUT2D eigenvalue weighted by molar-refractivity contribution is -0.154. The molecule has 2 saturated heterocycles. The Labute approximate surface area is 126 Å². The van der Waals surface area contributed by atoms with E-state index in [0.717, 1.165) is 45.1 Å². The van der Waals surface area contributed by atoms with Gasteiger partial charge in [0.15, 0.2) is 0 Å². The fourth-order valence-electron chi connectivity index (χ4n) is 3.54. The van der Waals surface area contributed by atoms with Gasteiger partial charge in [-0.1, -0.05) is 0 Å². The van der Waals surface area contributed by atoms with Crippen LogP contribution in [-0.4, -0.2) is 47.6 Å². The maximum Gasteiger partial charge on any atom is 0.248 e. The highest BCUT2D eigenvalue weighted by molar-refractivity contribution is 5.99. The minimum Gasteiger partial charge on any atom is -0.378 e. The van der Waals surface area contributed by atoms with E-state index in [1.54, 1.807) is 13.8 Å². The molecule has 0 bridgehead atoms. The second-order valence-corrected chi connectivity index (χ2v) is 7.17. The normalized spacial score (nSPS) is 32.4. The molecule has 21 heavy (non-hydrogen) atoms. The Hall–Kier alpha value is -1.10. The van der Waals surface area contributed by atoms with E-state index in [0.29, 0.717) is 18.6 Å². The van der Waals surface area contributed by atoms with Crippen molar-refractivity contribution in [2.75, 3.05) is 13.2 Å². The van der Waals surface area contributed by atoms with Crippen LogP contribution in [0.4, 0.5) is 0 Å². The van der Waals surface area contributed by atoms with E-state index >= 15 is 0 Å². The third-order valence-electron chi connectivity index (χ3n) is 4.85. The van der Waals surface area contributed by atoms with Crippen molar-refractivity contribution in [3.05, 3.63) is 0 Å². The topological polar surface area (TPSA) is 58.6 Å². The summed E-state index contributed by atoms with van der Waals surface area (Å²) < 4.78 is 5.64. The molecule has 0 aromatic carbocycles. The van der Waals surface area contributed by atoms with Crippen molar-refractivity contribution in [1.82, 2.24) is 10.2 Å². The first-order chi connectivity index (χ1) is 9.99. The summed E-state index contributed by atoms with van der Waals surface area (Å²) in [5.74, 6) is 0.457. The molecule has 2 unspecified atom stereocenters. The highest BCUT2D eigenvalue weighted by Crippen LogP contribution is 2.38. The largest absolute Gasteiger partial charge is 0.378 e. The van der Waals surface area contributed by atoms with Crippen LogP contribution in [0.25, 0.3) is 0 Å². The van der Waals surface area contributed by atoms with Crippen molar-refractivity contribution in [3.8, 4) is 0 Å². The van der Waals surface area contributed by atoms with Crippen LogP contribution in [0, 0.1) is 5.92 Å². The summed E-state index contributed by atoms with van der Waals surface area (Å²) in [6.07, 6.45) is 6.67. The highest BCUT2D eigenvalue weighted by atomic mass is 16.5. The number of rotatable bonds is 5. The lowest BCUT2D eigenvalue weighted by Gasteiger charge is -2.43. The Morgan fingerprint density at radius 3 is 2.67 bits per heavy atom. The number of nitrogens with one attached hydrogen (secondary N) is 1. The number of carbonyl (C=O) groups is 2. The molecule has 1 aliphatic carbocycles. The average molecular weight is 294 g/mol. The van der Waals surface area contributed by atoms with Gasteiger partial charge >= 0.3 is 0 Å². The number of nitrogens with zero attached hydrogens (tertiary/aromatic N) is 1. The van der Waals surface area contributed by atoms with Crippen LogP contribution < -0.4 is 5.32 Å².